The van der Waals surface area contributed by atoms with Crippen LogP contribution in [0.1, 0.15) is 58.6 Å². The highest BCUT2D eigenvalue weighted by Gasteiger charge is 2.56. The fraction of sp³-hybridized carbons (Fsp3) is 0.607. The molecule has 1 aromatic heterocycles. The smallest absolute Gasteiger partial charge is 0.408 e. The van der Waals surface area contributed by atoms with Crippen molar-refractivity contribution in [3.05, 3.63) is 29.8 Å². The van der Waals surface area contributed by atoms with Crippen LogP contribution in [0.25, 0.3) is 11.4 Å². The normalized spacial score (nSPS) is 28.3. The Morgan fingerprint density at radius 3 is 2.76 bits per heavy atom. The van der Waals surface area contributed by atoms with E-state index in [-0.39, 0.29) is 42.5 Å². The van der Waals surface area contributed by atoms with E-state index in [9.17, 15) is 19.6 Å². The number of alkyl carbamates (subject to hydrolysis) is 1. The molecular formula is C28H35N9O4. The number of ether oxygens (including phenoxy) is 1. The van der Waals surface area contributed by atoms with E-state index < -0.39 is 23.8 Å². The number of aromatic nitrogens is 4. The highest BCUT2D eigenvalue weighted by atomic mass is 16.6. The number of aromatic amines is 1. The lowest BCUT2D eigenvalue weighted by molar-refractivity contribution is -0.141. The molecule has 41 heavy (non-hydrogen) atoms. The first-order chi connectivity index (χ1) is 19.5. The van der Waals surface area contributed by atoms with E-state index in [0.717, 1.165) is 17.5 Å². The van der Waals surface area contributed by atoms with E-state index in [1.165, 1.54) is 0 Å². The van der Waals surface area contributed by atoms with Crippen LogP contribution in [0.4, 0.5) is 4.79 Å². The van der Waals surface area contributed by atoms with Crippen LogP contribution in [-0.2, 0) is 14.3 Å². The third-order valence-electron chi connectivity index (χ3n) is 8.63. The molecule has 0 spiro atoms. The molecule has 3 saturated heterocycles. The molecule has 4 unspecified atom stereocenters. The Balaban J connectivity index is 1.17. The first kappa shape index (κ1) is 27.1. The van der Waals surface area contributed by atoms with Gasteiger partial charge in [0.1, 0.15) is 17.7 Å². The van der Waals surface area contributed by atoms with E-state index >= 15 is 0 Å². The minimum absolute atomic E-state index is 0.00211. The average molecular weight is 562 g/mol. The van der Waals surface area contributed by atoms with E-state index in [1.807, 2.05) is 41.0 Å². The van der Waals surface area contributed by atoms with Crippen molar-refractivity contribution in [2.45, 2.75) is 88.8 Å². The van der Waals surface area contributed by atoms with Crippen molar-refractivity contribution in [3.8, 4) is 17.5 Å². The number of hydrogen-bond acceptors (Lipinski definition) is 9. The van der Waals surface area contributed by atoms with E-state index in [2.05, 4.69) is 32.0 Å². The molecule has 0 radical (unpaired) electrons. The quantitative estimate of drug-likeness (QED) is 0.512. The first-order valence-corrected chi connectivity index (χ1v) is 14.2. The van der Waals surface area contributed by atoms with Gasteiger partial charge in [0.15, 0.2) is 5.82 Å². The summed E-state index contributed by atoms with van der Waals surface area (Å²) in [6.07, 6.45) is 1.51. The van der Waals surface area contributed by atoms with Crippen molar-refractivity contribution in [2.24, 2.45) is 5.92 Å². The lowest BCUT2D eigenvalue weighted by atomic mass is 10.0. The van der Waals surface area contributed by atoms with Crippen molar-refractivity contribution in [1.29, 1.82) is 5.26 Å². The maximum atomic E-state index is 13.8. The number of tetrazole rings is 1. The Morgan fingerprint density at radius 1 is 1.27 bits per heavy atom. The molecule has 4 heterocycles. The molecule has 13 nitrogen and oxygen atoms in total. The summed E-state index contributed by atoms with van der Waals surface area (Å²) < 4.78 is 5.46. The van der Waals surface area contributed by atoms with Crippen LogP contribution >= 0.6 is 0 Å². The van der Waals surface area contributed by atoms with Crippen LogP contribution in [0.15, 0.2) is 24.3 Å². The summed E-state index contributed by atoms with van der Waals surface area (Å²) in [4.78, 5) is 45.8. The summed E-state index contributed by atoms with van der Waals surface area (Å²) in [5.41, 5.74) is 1.08. The third-order valence-corrected chi connectivity index (χ3v) is 8.63. The zero-order valence-electron chi connectivity index (χ0n) is 23.6. The average Bonchev–Trinajstić information content (AvgIpc) is 3.36. The number of fused-ring (bicyclic) bond motifs is 3. The van der Waals surface area contributed by atoms with Gasteiger partial charge in [-0.2, -0.15) is 5.26 Å². The van der Waals surface area contributed by atoms with Gasteiger partial charge in [-0.1, -0.05) is 18.2 Å². The number of amides is 3. The standard InChI is InChI=1S/C28H35N9O4/c1-15(16-6-5-7-17(8-16)24-31-33-34-32-24)36-20-11-23(26(36)39)35(13-20)14-21(30-27(40)41-28(2,3)4)25(38)37-19(12-29)9-18-10-22(18)37/h5-8,15,18-23H,9-11,13-14H2,1-4H3,(H,30,40)(H,31,32,33,34)/t15?,18-,19?,20+,21?,22+,23?/m1/s1. The van der Waals surface area contributed by atoms with Crippen LogP contribution in [0.3, 0.4) is 0 Å². The van der Waals surface area contributed by atoms with E-state index in [4.69, 9.17) is 4.74 Å². The number of carbonyl (C=O) groups excluding carboxylic acids is 3. The molecular weight excluding hydrogens is 526 g/mol. The third kappa shape index (κ3) is 5.12. The molecule has 6 rings (SSSR count). The molecule has 1 aromatic carbocycles. The lowest BCUT2D eigenvalue weighted by Crippen LogP contribution is -2.59. The van der Waals surface area contributed by atoms with Crippen molar-refractivity contribution in [3.63, 3.8) is 0 Å². The number of rotatable bonds is 7. The summed E-state index contributed by atoms with van der Waals surface area (Å²) in [6, 6.07) is 8.10. The van der Waals surface area contributed by atoms with Gasteiger partial charge in [-0.15, -0.1) is 5.10 Å². The number of nitriles is 1. The number of likely N-dealkylation sites (tertiary alicyclic amines) is 3. The number of H-pyrrole nitrogens is 1. The van der Waals surface area contributed by atoms with Crippen molar-refractivity contribution in [1.82, 2.24) is 40.6 Å². The second kappa shape index (κ2) is 10.1. The Kier molecular flexibility index (Phi) is 6.68. The van der Waals surface area contributed by atoms with Crippen LogP contribution in [0.5, 0.6) is 0 Å². The van der Waals surface area contributed by atoms with Crippen LogP contribution < -0.4 is 5.32 Å². The summed E-state index contributed by atoms with van der Waals surface area (Å²) in [7, 11) is 0. The fourth-order valence-corrected chi connectivity index (χ4v) is 6.73. The molecule has 1 saturated carbocycles. The van der Waals surface area contributed by atoms with Crippen molar-refractivity contribution < 1.29 is 19.1 Å². The molecule has 1 aliphatic carbocycles. The summed E-state index contributed by atoms with van der Waals surface area (Å²) >= 11 is 0. The van der Waals surface area contributed by atoms with Gasteiger partial charge in [0.2, 0.25) is 11.8 Å². The molecule has 2 N–H and O–H groups in total. The number of hydrogen-bond donors (Lipinski definition) is 2. The van der Waals surface area contributed by atoms with Gasteiger partial charge in [-0.3, -0.25) is 14.5 Å². The van der Waals surface area contributed by atoms with Crippen molar-refractivity contribution >= 4 is 17.9 Å². The molecule has 4 fully saturated rings. The Labute approximate surface area is 238 Å². The van der Waals surface area contributed by atoms with Crippen LogP contribution in [-0.4, -0.2) is 102 Å². The maximum absolute atomic E-state index is 13.8. The maximum Gasteiger partial charge on any atom is 0.408 e. The number of nitrogens with zero attached hydrogens (tertiary/aromatic N) is 7. The topological polar surface area (TPSA) is 160 Å². The van der Waals surface area contributed by atoms with Gasteiger partial charge in [0.25, 0.3) is 0 Å². The highest BCUT2D eigenvalue weighted by molar-refractivity contribution is 5.89. The van der Waals surface area contributed by atoms with Gasteiger partial charge in [-0.05, 0) is 74.9 Å². The van der Waals surface area contributed by atoms with Gasteiger partial charge in [0.05, 0.1) is 18.2 Å². The second-order valence-corrected chi connectivity index (χ2v) is 12.5. The number of piperazine rings is 1. The monoisotopic (exact) mass is 561 g/mol. The van der Waals surface area contributed by atoms with E-state index in [1.54, 1.807) is 25.7 Å². The fourth-order valence-electron chi connectivity index (χ4n) is 6.73. The van der Waals surface area contributed by atoms with Crippen LogP contribution in [0, 0.1) is 17.2 Å². The molecule has 2 bridgehead atoms. The largest absolute Gasteiger partial charge is 0.444 e. The SMILES string of the molecule is CC(c1cccc(-c2nnn[nH]2)c1)N1C(=O)C2C[C@H]1CN2CC(NC(=O)OC(C)(C)C)C(=O)N1C(C#N)C[C@@H]2C[C@@H]21. The van der Waals surface area contributed by atoms with E-state index in [0.29, 0.717) is 31.1 Å². The lowest BCUT2D eigenvalue weighted by Gasteiger charge is -2.39. The number of carbonyl (C=O) groups is 3. The minimum Gasteiger partial charge on any atom is -0.444 e. The molecule has 13 heteroatoms. The molecule has 3 aliphatic heterocycles. The Bertz CT molecular complexity index is 1380. The van der Waals surface area contributed by atoms with Gasteiger partial charge in [-0.25, -0.2) is 9.89 Å². The molecule has 4 aliphatic rings. The summed E-state index contributed by atoms with van der Waals surface area (Å²) in [5, 5.41) is 26.5. The Hall–Kier alpha value is -4.05. The first-order valence-electron chi connectivity index (χ1n) is 14.2. The van der Waals surface area contributed by atoms with Gasteiger partial charge < -0.3 is 19.9 Å². The molecule has 7 atom stereocenters. The predicted molar refractivity (Wildman–Crippen MR) is 145 cm³/mol. The number of benzene rings is 1. The zero-order chi connectivity index (χ0) is 29.1. The van der Waals surface area contributed by atoms with Crippen molar-refractivity contribution in [2.75, 3.05) is 13.1 Å². The minimum atomic E-state index is -0.926. The number of piperidine rings is 1. The van der Waals surface area contributed by atoms with Gasteiger partial charge in [0, 0.05) is 30.7 Å². The van der Waals surface area contributed by atoms with Gasteiger partial charge >= 0.3 is 6.09 Å². The summed E-state index contributed by atoms with van der Waals surface area (Å²) in [6.45, 7) is 8.05. The number of nitrogens with one attached hydrogen (secondary N) is 2. The van der Waals surface area contributed by atoms with Crippen LogP contribution in [0.2, 0.25) is 0 Å². The predicted octanol–water partition coefficient (Wildman–Crippen LogP) is 1.62. The zero-order valence-corrected chi connectivity index (χ0v) is 23.6. The molecule has 3 amide bonds. The Morgan fingerprint density at radius 2 is 2.07 bits per heavy atom. The molecule has 216 valence electrons. The summed E-state index contributed by atoms with van der Waals surface area (Å²) in [5.74, 6) is 0.625. The highest BCUT2D eigenvalue weighted by Crippen LogP contribution is 2.48. The second-order valence-electron chi connectivity index (χ2n) is 12.5. The molecule has 2 aromatic rings.